The van der Waals surface area contributed by atoms with Crippen LogP contribution >= 0.6 is 11.3 Å². The van der Waals surface area contributed by atoms with Gasteiger partial charge in [-0.15, -0.1) is 0 Å². The number of hydrogen-bond acceptors (Lipinski definition) is 5. The number of carbonyl (C=O) groups is 3. The molecule has 25 heavy (non-hydrogen) atoms. The second kappa shape index (κ2) is 5.23. The lowest BCUT2D eigenvalue weighted by Crippen LogP contribution is -2.39. The molecule has 0 spiro atoms. The first-order valence-electron chi connectivity index (χ1n) is 8.31. The highest BCUT2D eigenvalue weighted by molar-refractivity contribution is 7.22. The Kier molecular flexibility index (Phi) is 3.09. The van der Waals surface area contributed by atoms with Gasteiger partial charge in [0.05, 0.1) is 22.1 Å². The number of para-hydroxylation sites is 1. The van der Waals surface area contributed by atoms with Crippen molar-refractivity contribution in [3.63, 3.8) is 0 Å². The fourth-order valence-corrected chi connectivity index (χ4v) is 5.23. The molecule has 126 valence electrons. The van der Waals surface area contributed by atoms with E-state index < -0.39 is 0 Å². The topological polar surface area (TPSA) is 79.4 Å². The van der Waals surface area contributed by atoms with Crippen LogP contribution < -0.4 is 5.32 Å². The Morgan fingerprint density at radius 3 is 2.52 bits per heavy atom. The van der Waals surface area contributed by atoms with E-state index in [4.69, 9.17) is 0 Å². The minimum Gasteiger partial charge on any atom is -0.300 e. The zero-order valence-corrected chi connectivity index (χ0v) is 14.0. The van der Waals surface area contributed by atoms with E-state index in [0.717, 1.165) is 21.5 Å². The molecule has 6 nitrogen and oxygen atoms in total. The number of imide groups is 1. The van der Waals surface area contributed by atoms with Gasteiger partial charge in [-0.05, 0) is 30.4 Å². The number of anilines is 1. The first-order valence-corrected chi connectivity index (χ1v) is 9.12. The van der Waals surface area contributed by atoms with E-state index in [2.05, 4.69) is 10.3 Å². The van der Waals surface area contributed by atoms with Gasteiger partial charge in [0.15, 0.2) is 5.13 Å². The third kappa shape index (κ3) is 2.15. The minimum atomic E-state index is -0.388. The highest BCUT2D eigenvalue weighted by Crippen LogP contribution is 2.52. The fourth-order valence-electron chi connectivity index (χ4n) is 4.35. The molecule has 5 rings (SSSR count). The average molecular weight is 353 g/mol. The number of nitrogens with zero attached hydrogens (tertiary/aromatic N) is 2. The third-order valence-electron chi connectivity index (χ3n) is 5.40. The summed E-state index contributed by atoms with van der Waals surface area (Å²) in [5.74, 6) is -1.01. The van der Waals surface area contributed by atoms with Crippen LogP contribution in [0.5, 0.6) is 0 Å². The fraction of sp³-hybridized carbons (Fsp3) is 0.333. The highest BCUT2D eigenvalue weighted by atomic mass is 32.1. The van der Waals surface area contributed by atoms with Crippen LogP contribution in [0.15, 0.2) is 36.4 Å². The number of nitrogens with one attached hydrogen (secondary N) is 1. The van der Waals surface area contributed by atoms with Crippen LogP contribution in [0.4, 0.5) is 5.13 Å². The molecule has 4 atom stereocenters. The predicted molar refractivity (Wildman–Crippen MR) is 92.7 cm³/mol. The molecule has 1 aliphatic heterocycles. The molecule has 1 N–H and O–H groups in total. The lowest BCUT2D eigenvalue weighted by molar-refractivity contribution is -0.143. The maximum absolute atomic E-state index is 12.6. The molecule has 2 bridgehead atoms. The third-order valence-corrected chi connectivity index (χ3v) is 6.36. The van der Waals surface area contributed by atoms with Gasteiger partial charge in [-0.1, -0.05) is 35.6 Å². The lowest BCUT2D eigenvalue weighted by Gasteiger charge is -2.16. The number of rotatable bonds is 3. The summed E-state index contributed by atoms with van der Waals surface area (Å²) in [5.41, 5.74) is 0.813. The average Bonchev–Trinajstić information content (AvgIpc) is 3.34. The van der Waals surface area contributed by atoms with E-state index in [1.54, 1.807) is 0 Å². The number of amides is 3. The Morgan fingerprint density at radius 1 is 1.16 bits per heavy atom. The Hall–Kier alpha value is -2.54. The van der Waals surface area contributed by atoms with E-state index in [0.29, 0.717) is 5.13 Å². The number of allylic oxidation sites excluding steroid dienone is 2. The van der Waals surface area contributed by atoms with Gasteiger partial charge in [0.25, 0.3) is 0 Å². The van der Waals surface area contributed by atoms with Crippen LogP contribution in [-0.4, -0.2) is 34.2 Å². The molecule has 3 aliphatic rings. The number of carbonyl (C=O) groups excluding carboxylic acids is 3. The molecule has 0 unspecified atom stereocenters. The Balaban J connectivity index is 1.31. The van der Waals surface area contributed by atoms with Crippen molar-refractivity contribution in [2.24, 2.45) is 23.7 Å². The van der Waals surface area contributed by atoms with Gasteiger partial charge in [0, 0.05) is 0 Å². The molecule has 1 aromatic carbocycles. The van der Waals surface area contributed by atoms with Crippen molar-refractivity contribution in [2.45, 2.75) is 6.42 Å². The molecule has 1 saturated heterocycles. The van der Waals surface area contributed by atoms with Gasteiger partial charge in [0.2, 0.25) is 17.7 Å². The zero-order chi connectivity index (χ0) is 17.1. The maximum atomic E-state index is 12.6. The van der Waals surface area contributed by atoms with Gasteiger partial charge in [0.1, 0.15) is 6.54 Å². The summed E-state index contributed by atoms with van der Waals surface area (Å²) in [5, 5.41) is 3.19. The summed E-state index contributed by atoms with van der Waals surface area (Å²) in [4.78, 5) is 43.0. The molecular weight excluding hydrogens is 338 g/mol. The smallest absolute Gasteiger partial charge is 0.246 e. The number of thiazole rings is 1. The largest absolute Gasteiger partial charge is 0.300 e. The van der Waals surface area contributed by atoms with Gasteiger partial charge >= 0.3 is 0 Å². The van der Waals surface area contributed by atoms with Crippen LogP contribution in [0.2, 0.25) is 0 Å². The molecule has 1 aromatic heterocycles. The van der Waals surface area contributed by atoms with E-state index in [-0.39, 0.29) is 47.9 Å². The first kappa shape index (κ1) is 14.8. The SMILES string of the molecule is O=C(CN1C(=O)[C@@H]2[C@@H](C1=O)[C@H]1C=C[C@H]2C1)Nc1nc2ccccc2s1. The van der Waals surface area contributed by atoms with Gasteiger partial charge in [-0.2, -0.15) is 0 Å². The van der Waals surface area contributed by atoms with Gasteiger partial charge in [-0.25, -0.2) is 4.98 Å². The summed E-state index contributed by atoms with van der Waals surface area (Å²) in [6.45, 7) is -0.236. The van der Waals surface area contributed by atoms with E-state index in [1.165, 1.54) is 11.3 Å². The number of aromatic nitrogens is 1. The molecule has 7 heteroatoms. The van der Waals surface area contributed by atoms with Crippen molar-refractivity contribution >= 4 is 44.4 Å². The molecule has 1 saturated carbocycles. The summed E-state index contributed by atoms with van der Waals surface area (Å²) >= 11 is 1.37. The number of benzene rings is 1. The molecule has 3 amide bonds. The van der Waals surface area contributed by atoms with Gasteiger partial charge < -0.3 is 5.32 Å². The highest BCUT2D eigenvalue weighted by Gasteiger charge is 2.59. The van der Waals surface area contributed by atoms with E-state index >= 15 is 0 Å². The Labute approximate surface area is 147 Å². The molecule has 2 aliphatic carbocycles. The number of fused-ring (bicyclic) bond motifs is 6. The van der Waals surface area contributed by atoms with E-state index in [9.17, 15) is 14.4 Å². The lowest BCUT2D eigenvalue weighted by atomic mass is 9.85. The molecular formula is C18H15N3O3S. The Bertz CT molecular complexity index is 887. The second-order valence-electron chi connectivity index (χ2n) is 6.80. The maximum Gasteiger partial charge on any atom is 0.246 e. The van der Waals surface area contributed by atoms with Crippen LogP contribution in [0.3, 0.4) is 0 Å². The minimum absolute atomic E-state index is 0.156. The summed E-state index contributed by atoms with van der Waals surface area (Å²) in [6, 6.07) is 7.60. The van der Waals surface area contributed by atoms with Crippen LogP contribution in [0, 0.1) is 23.7 Å². The molecule has 0 radical (unpaired) electrons. The van der Waals surface area contributed by atoms with Crippen LogP contribution in [-0.2, 0) is 14.4 Å². The zero-order valence-electron chi connectivity index (χ0n) is 13.2. The normalized spacial score (nSPS) is 29.7. The van der Waals surface area contributed by atoms with E-state index in [1.807, 2.05) is 36.4 Å². The summed E-state index contributed by atoms with van der Waals surface area (Å²) in [6.07, 6.45) is 4.97. The number of hydrogen-bond donors (Lipinski definition) is 1. The van der Waals surface area contributed by atoms with Crippen molar-refractivity contribution in [1.82, 2.24) is 9.88 Å². The Morgan fingerprint density at radius 2 is 1.84 bits per heavy atom. The predicted octanol–water partition coefficient (Wildman–Crippen LogP) is 2.04. The van der Waals surface area contributed by atoms with Crippen molar-refractivity contribution in [1.29, 1.82) is 0 Å². The van der Waals surface area contributed by atoms with Crippen molar-refractivity contribution < 1.29 is 14.4 Å². The first-order chi connectivity index (χ1) is 12.1. The standard InChI is InChI=1S/C18H15N3O3S/c22-13(20-18-19-11-3-1-2-4-12(11)25-18)8-21-16(23)14-9-5-6-10(7-9)15(14)17(21)24/h1-6,9-10,14-15H,7-8H2,(H,19,20,22)/t9-,10-,14-,15-/m0/s1. The number of likely N-dealkylation sites (tertiary alicyclic amines) is 1. The second-order valence-corrected chi connectivity index (χ2v) is 7.83. The summed E-state index contributed by atoms with van der Waals surface area (Å²) in [7, 11) is 0. The van der Waals surface area contributed by atoms with Crippen molar-refractivity contribution in [3.05, 3.63) is 36.4 Å². The van der Waals surface area contributed by atoms with Crippen molar-refractivity contribution in [3.8, 4) is 0 Å². The van der Waals surface area contributed by atoms with Crippen molar-refractivity contribution in [2.75, 3.05) is 11.9 Å². The van der Waals surface area contributed by atoms with Crippen LogP contribution in [0.25, 0.3) is 10.2 Å². The van der Waals surface area contributed by atoms with Crippen LogP contribution in [0.1, 0.15) is 6.42 Å². The quantitative estimate of drug-likeness (QED) is 0.676. The molecule has 2 heterocycles. The van der Waals surface area contributed by atoms with Gasteiger partial charge in [-0.3, -0.25) is 19.3 Å². The molecule has 2 fully saturated rings. The summed E-state index contributed by atoms with van der Waals surface area (Å²) < 4.78 is 0.975. The monoisotopic (exact) mass is 353 g/mol. The molecule has 2 aromatic rings.